The van der Waals surface area contributed by atoms with Crippen LogP contribution in [0.15, 0.2) is 0 Å². The molecule has 0 fully saturated rings. The molecular weight excluding hydrogens is 228 g/mol. The quantitative estimate of drug-likeness (QED) is 0.401. The number of carbonyl (C=O) groups is 3. The lowest BCUT2D eigenvalue weighted by Gasteiger charge is -2.17. The number of aliphatic carboxylic acids is 1. The van der Waals surface area contributed by atoms with Crippen LogP contribution in [-0.2, 0) is 19.1 Å². The molecule has 0 aromatic heterocycles. The lowest BCUT2D eigenvalue weighted by Crippen LogP contribution is -2.50. The Morgan fingerprint density at radius 2 is 1.94 bits per heavy atom. The summed E-state index contributed by atoms with van der Waals surface area (Å²) in [5.41, 5.74) is 5.35. The summed E-state index contributed by atoms with van der Waals surface area (Å²) in [4.78, 5) is 33.1. The second-order valence-electron chi connectivity index (χ2n) is 3.44. The minimum atomic E-state index is -1.42. The van der Waals surface area contributed by atoms with Crippen molar-refractivity contribution in [2.24, 2.45) is 5.73 Å². The highest BCUT2D eigenvalue weighted by Crippen LogP contribution is 1.98. The number of hydrogen-bond donors (Lipinski definition) is 3. The minimum absolute atomic E-state index is 0.131. The summed E-state index contributed by atoms with van der Waals surface area (Å²) in [5.74, 6) is -2.58. The van der Waals surface area contributed by atoms with Gasteiger partial charge < -0.3 is 20.9 Å². The van der Waals surface area contributed by atoms with Crippen LogP contribution in [-0.4, -0.2) is 41.6 Å². The Kier molecular flexibility index (Phi) is 6.88. The lowest BCUT2D eigenvalue weighted by atomic mass is 10.1. The molecule has 0 aliphatic carbocycles. The molecule has 0 aromatic carbocycles. The van der Waals surface area contributed by atoms with E-state index in [1.807, 2.05) is 0 Å². The molecule has 1 amide bonds. The zero-order valence-corrected chi connectivity index (χ0v) is 9.93. The van der Waals surface area contributed by atoms with Gasteiger partial charge in [-0.3, -0.25) is 9.59 Å². The van der Waals surface area contributed by atoms with Gasteiger partial charge in [0, 0.05) is 6.04 Å². The van der Waals surface area contributed by atoms with Crippen LogP contribution in [0, 0.1) is 0 Å². The smallest absolute Gasteiger partial charge is 0.332 e. The Hall–Kier alpha value is -1.63. The number of carboxylic acid groups (broad SMARTS) is 1. The first-order chi connectivity index (χ1) is 7.92. The van der Waals surface area contributed by atoms with Crippen LogP contribution >= 0.6 is 0 Å². The van der Waals surface area contributed by atoms with Crippen LogP contribution < -0.4 is 11.1 Å². The normalized spacial score (nSPS) is 13.6. The van der Waals surface area contributed by atoms with Crippen molar-refractivity contribution in [1.29, 1.82) is 0 Å². The molecule has 0 aliphatic rings. The molecule has 4 N–H and O–H groups in total. The van der Waals surface area contributed by atoms with E-state index in [4.69, 9.17) is 10.8 Å². The molecule has 0 saturated heterocycles. The first-order valence-corrected chi connectivity index (χ1v) is 5.36. The highest BCUT2D eigenvalue weighted by Gasteiger charge is 2.25. The van der Waals surface area contributed by atoms with E-state index in [0.717, 1.165) is 0 Å². The highest BCUT2D eigenvalue weighted by molar-refractivity contribution is 6.01. The third-order valence-corrected chi connectivity index (χ3v) is 2.08. The van der Waals surface area contributed by atoms with E-state index in [1.54, 1.807) is 13.8 Å². The highest BCUT2D eigenvalue weighted by atomic mass is 16.5. The monoisotopic (exact) mass is 246 g/mol. The maximum atomic E-state index is 11.5. The number of ether oxygens (including phenoxy) is 1. The molecular formula is C10H18N2O5. The van der Waals surface area contributed by atoms with Gasteiger partial charge in [0.1, 0.15) is 0 Å². The Labute approximate surface area is 99.3 Å². The van der Waals surface area contributed by atoms with Crippen molar-refractivity contribution >= 4 is 17.8 Å². The summed E-state index contributed by atoms with van der Waals surface area (Å²) in [6.45, 7) is 3.46. The average Bonchev–Trinajstić information content (AvgIpc) is 2.26. The van der Waals surface area contributed by atoms with E-state index in [9.17, 15) is 14.4 Å². The largest absolute Gasteiger partial charge is 0.481 e. The first-order valence-electron chi connectivity index (χ1n) is 5.36. The Morgan fingerprint density at radius 1 is 1.35 bits per heavy atom. The second-order valence-corrected chi connectivity index (χ2v) is 3.44. The van der Waals surface area contributed by atoms with E-state index >= 15 is 0 Å². The maximum Gasteiger partial charge on any atom is 0.332 e. The second kappa shape index (κ2) is 7.61. The molecule has 0 radical (unpaired) electrons. The minimum Gasteiger partial charge on any atom is -0.481 e. The molecule has 0 aromatic rings. The third-order valence-electron chi connectivity index (χ3n) is 2.08. The van der Waals surface area contributed by atoms with E-state index in [-0.39, 0.29) is 13.0 Å². The van der Waals surface area contributed by atoms with Gasteiger partial charge in [0.05, 0.1) is 13.0 Å². The summed E-state index contributed by atoms with van der Waals surface area (Å²) in [7, 11) is 0. The maximum absolute atomic E-state index is 11.5. The van der Waals surface area contributed by atoms with E-state index in [0.29, 0.717) is 6.42 Å². The van der Waals surface area contributed by atoms with Gasteiger partial charge in [-0.25, -0.2) is 4.79 Å². The zero-order chi connectivity index (χ0) is 13.4. The van der Waals surface area contributed by atoms with Crippen molar-refractivity contribution in [3.63, 3.8) is 0 Å². The van der Waals surface area contributed by atoms with Crippen LogP contribution in [0.4, 0.5) is 0 Å². The molecule has 2 atom stereocenters. The Balaban J connectivity index is 4.30. The number of carbonyl (C=O) groups excluding carboxylic acids is 2. The molecule has 98 valence electrons. The van der Waals surface area contributed by atoms with Crippen LogP contribution in [0.3, 0.4) is 0 Å². The van der Waals surface area contributed by atoms with Crippen LogP contribution in [0.5, 0.6) is 0 Å². The molecule has 0 bridgehead atoms. The number of nitrogens with two attached hydrogens (primary N) is 1. The molecule has 7 nitrogen and oxygen atoms in total. The fourth-order valence-corrected chi connectivity index (χ4v) is 1.14. The van der Waals surface area contributed by atoms with Gasteiger partial charge in [0.2, 0.25) is 5.91 Å². The fraction of sp³-hybridized carbons (Fsp3) is 0.700. The molecule has 7 heteroatoms. The topological polar surface area (TPSA) is 119 Å². The number of amides is 1. The number of rotatable bonds is 7. The Morgan fingerprint density at radius 3 is 2.35 bits per heavy atom. The van der Waals surface area contributed by atoms with Gasteiger partial charge in [0.25, 0.3) is 0 Å². The summed E-state index contributed by atoms with van der Waals surface area (Å²) >= 11 is 0. The number of carboxylic acids is 1. The number of nitrogens with one attached hydrogen (secondary N) is 1. The molecule has 0 heterocycles. The predicted molar refractivity (Wildman–Crippen MR) is 59.1 cm³/mol. The van der Waals surface area contributed by atoms with Gasteiger partial charge in [0.15, 0.2) is 6.04 Å². The van der Waals surface area contributed by atoms with Gasteiger partial charge >= 0.3 is 11.9 Å². The zero-order valence-electron chi connectivity index (χ0n) is 9.93. The van der Waals surface area contributed by atoms with Crippen molar-refractivity contribution in [2.45, 2.75) is 38.8 Å². The van der Waals surface area contributed by atoms with Crippen LogP contribution in [0.2, 0.25) is 0 Å². The Bertz CT molecular complexity index is 292. The number of esters is 1. The van der Waals surface area contributed by atoms with Gasteiger partial charge in [-0.05, 0) is 13.3 Å². The van der Waals surface area contributed by atoms with Crippen LogP contribution in [0.1, 0.15) is 26.7 Å². The molecule has 17 heavy (non-hydrogen) atoms. The van der Waals surface area contributed by atoms with Gasteiger partial charge in [-0.15, -0.1) is 0 Å². The van der Waals surface area contributed by atoms with Crippen molar-refractivity contribution in [1.82, 2.24) is 5.32 Å². The summed E-state index contributed by atoms with van der Waals surface area (Å²) in [5, 5.41) is 11.0. The molecule has 2 unspecified atom stereocenters. The average molecular weight is 246 g/mol. The van der Waals surface area contributed by atoms with E-state index in [2.05, 4.69) is 10.1 Å². The first kappa shape index (κ1) is 15.4. The summed E-state index contributed by atoms with van der Waals surface area (Å²) < 4.78 is 4.58. The summed E-state index contributed by atoms with van der Waals surface area (Å²) in [6, 6.07) is -1.96. The summed E-state index contributed by atoms with van der Waals surface area (Å²) in [6.07, 6.45) is 0.228. The molecule has 0 spiro atoms. The van der Waals surface area contributed by atoms with Gasteiger partial charge in [-0.2, -0.15) is 0 Å². The number of hydrogen-bond acceptors (Lipinski definition) is 5. The standard InChI is InChI=1S/C10H18N2O5/c1-3-6(5-7(13)14)12-9(15)8(11)10(16)17-4-2/h6,8H,3-5,11H2,1-2H3,(H,12,15)(H,13,14). The van der Waals surface area contributed by atoms with Gasteiger partial charge in [-0.1, -0.05) is 6.92 Å². The third kappa shape index (κ3) is 5.86. The van der Waals surface area contributed by atoms with E-state index < -0.39 is 29.9 Å². The lowest BCUT2D eigenvalue weighted by molar-refractivity contribution is -0.148. The van der Waals surface area contributed by atoms with Crippen molar-refractivity contribution in [3.8, 4) is 0 Å². The fourth-order valence-electron chi connectivity index (χ4n) is 1.14. The molecule has 0 aliphatic heterocycles. The van der Waals surface area contributed by atoms with Crippen LogP contribution in [0.25, 0.3) is 0 Å². The van der Waals surface area contributed by atoms with Crippen molar-refractivity contribution < 1.29 is 24.2 Å². The van der Waals surface area contributed by atoms with Crippen molar-refractivity contribution in [3.05, 3.63) is 0 Å². The van der Waals surface area contributed by atoms with E-state index in [1.165, 1.54) is 0 Å². The molecule has 0 saturated carbocycles. The molecule has 0 rings (SSSR count). The van der Waals surface area contributed by atoms with Crippen molar-refractivity contribution in [2.75, 3.05) is 6.61 Å². The SMILES string of the molecule is CCOC(=O)C(N)C(=O)NC(CC)CC(=O)O. The predicted octanol–water partition coefficient (Wildman–Crippen LogP) is -0.754.